The predicted molar refractivity (Wildman–Crippen MR) is 109 cm³/mol. The van der Waals surface area contributed by atoms with Crippen LogP contribution < -0.4 is 0 Å². The van der Waals surface area contributed by atoms with Crippen molar-refractivity contribution in [3.8, 4) is 0 Å². The van der Waals surface area contributed by atoms with E-state index in [4.69, 9.17) is 0 Å². The van der Waals surface area contributed by atoms with Crippen LogP contribution in [0.1, 0.15) is 88.1 Å². The van der Waals surface area contributed by atoms with Gasteiger partial charge in [0.15, 0.2) is 5.82 Å². The third-order valence-electron chi connectivity index (χ3n) is 4.79. The van der Waals surface area contributed by atoms with Crippen molar-refractivity contribution in [2.24, 2.45) is 0 Å². The maximum Gasteiger partial charge on any atom is 0.174 e. The molecule has 0 atom stereocenters. The van der Waals surface area contributed by atoms with Crippen LogP contribution in [0.15, 0.2) is 30.8 Å². The minimum absolute atomic E-state index is 0.669. The van der Waals surface area contributed by atoms with E-state index in [0.717, 1.165) is 24.2 Å². The summed E-state index contributed by atoms with van der Waals surface area (Å²) in [5, 5.41) is 12.9. The Kier molecular flexibility index (Phi) is 9.70. The Labute approximate surface area is 158 Å². The Balaban J connectivity index is 1.56. The van der Waals surface area contributed by atoms with Crippen LogP contribution in [0.4, 0.5) is 0 Å². The summed E-state index contributed by atoms with van der Waals surface area (Å²) in [6.07, 6.45) is 16.3. The molecule has 0 spiro atoms. The van der Waals surface area contributed by atoms with Gasteiger partial charge in [0.1, 0.15) is 0 Å². The van der Waals surface area contributed by atoms with Gasteiger partial charge in [-0.15, -0.1) is 10.2 Å². The van der Waals surface area contributed by atoms with E-state index in [2.05, 4.69) is 53.2 Å². The molecule has 0 aliphatic rings. The first kappa shape index (κ1) is 20.3. The van der Waals surface area contributed by atoms with Crippen molar-refractivity contribution in [3.63, 3.8) is 0 Å². The van der Waals surface area contributed by atoms with E-state index in [1.807, 2.05) is 6.08 Å². The Morgan fingerprint density at radius 1 is 0.885 bits per heavy atom. The number of aromatic nitrogens is 4. The molecule has 4 nitrogen and oxygen atoms in total. The SMILES string of the molecule is C=Cc1ccc(Cn2nnc(CCCCCCCCCCCC)n2)cc1. The van der Waals surface area contributed by atoms with Crippen molar-refractivity contribution < 1.29 is 0 Å². The van der Waals surface area contributed by atoms with E-state index in [1.165, 1.54) is 63.4 Å². The molecular weight excluding hydrogens is 320 g/mol. The molecule has 2 aromatic rings. The second kappa shape index (κ2) is 12.4. The Bertz CT molecular complexity index is 615. The highest BCUT2D eigenvalue weighted by atomic mass is 15.6. The maximum absolute atomic E-state index is 4.50. The number of benzene rings is 1. The van der Waals surface area contributed by atoms with Crippen molar-refractivity contribution in [1.29, 1.82) is 0 Å². The normalized spacial score (nSPS) is 11.0. The number of nitrogens with zero attached hydrogens (tertiary/aromatic N) is 4. The lowest BCUT2D eigenvalue weighted by Gasteiger charge is -2.01. The largest absolute Gasteiger partial charge is 0.174 e. The van der Waals surface area contributed by atoms with E-state index in [9.17, 15) is 0 Å². The molecule has 0 aliphatic heterocycles. The van der Waals surface area contributed by atoms with Gasteiger partial charge in [0.2, 0.25) is 0 Å². The Morgan fingerprint density at radius 3 is 2.12 bits per heavy atom. The smallest absolute Gasteiger partial charge is 0.160 e. The molecule has 1 heterocycles. The Morgan fingerprint density at radius 2 is 1.50 bits per heavy atom. The molecule has 0 aliphatic carbocycles. The lowest BCUT2D eigenvalue weighted by atomic mass is 10.1. The molecule has 0 radical (unpaired) electrons. The summed E-state index contributed by atoms with van der Waals surface area (Å²) in [4.78, 5) is 1.69. The third kappa shape index (κ3) is 7.94. The average Bonchev–Trinajstić information content (AvgIpc) is 3.11. The maximum atomic E-state index is 4.50. The van der Waals surface area contributed by atoms with Gasteiger partial charge in [-0.25, -0.2) is 0 Å². The van der Waals surface area contributed by atoms with Crippen LogP contribution in [0.3, 0.4) is 0 Å². The van der Waals surface area contributed by atoms with Gasteiger partial charge in [0.05, 0.1) is 6.54 Å². The summed E-state index contributed by atoms with van der Waals surface area (Å²) in [6.45, 7) is 6.72. The van der Waals surface area contributed by atoms with Crippen LogP contribution in [-0.2, 0) is 13.0 Å². The monoisotopic (exact) mass is 354 g/mol. The fourth-order valence-electron chi connectivity index (χ4n) is 3.14. The molecule has 1 aromatic heterocycles. The fraction of sp³-hybridized carbons (Fsp3) is 0.591. The zero-order valence-corrected chi connectivity index (χ0v) is 16.4. The van der Waals surface area contributed by atoms with Crippen molar-refractivity contribution >= 4 is 6.08 Å². The molecule has 0 fully saturated rings. The highest BCUT2D eigenvalue weighted by Gasteiger charge is 2.04. The minimum atomic E-state index is 0.669. The standard InChI is InChI=1S/C22H34N4/c1-3-5-6-7-8-9-10-11-12-13-14-22-23-25-26(24-22)19-21-17-15-20(4-2)16-18-21/h4,15-18H,2-3,5-14,19H2,1H3. The lowest BCUT2D eigenvalue weighted by Crippen LogP contribution is -2.04. The number of hydrogen-bond acceptors (Lipinski definition) is 3. The topological polar surface area (TPSA) is 43.6 Å². The first-order valence-corrected chi connectivity index (χ1v) is 10.3. The quantitative estimate of drug-likeness (QED) is 0.401. The number of rotatable bonds is 14. The molecule has 0 saturated heterocycles. The number of hydrogen-bond donors (Lipinski definition) is 0. The molecule has 0 saturated carbocycles. The van der Waals surface area contributed by atoms with Gasteiger partial charge < -0.3 is 0 Å². The second-order valence-corrected chi connectivity index (χ2v) is 7.11. The molecular formula is C22H34N4. The highest BCUT2D eigenvalue weighted by Crippen LogP contribution is 2.11. The van der Waals surface area contributed by atoms with E-state index in [-0.39, 0.29) is 0 Å². The first-order chi connectivity index (χ1) is 12.8. The summed E-state index contributed by atoms with van der Waals surface area (Å²) in [5.74, 6) is 0.868. The fourth-order valence-corrected chi connectivity index (χ4v) is 3.14. The summed E-state index contributed by atoms with van der Waals surface area (Å²) in [5.41, 5.74) is 2.31. The molecule has 0 unspecified atom stereocenters. The summed E-state index contributed by atoms with van der Waals surface area (Å²) in [6, 6.07) is 8.29. The van der Waals surface area contributed by atoms with Crippen LogP contribution in [0, 0.1) is 0 Å². The van der Waals surface area contributed by atoms with Gasteiger partial charge in [0.25, 0.3) is 0 Å². The van der Waals surface area contributed by atoms with Crippen molar-refractivity contribution in [3.05, 3.63) is 47.8 Å². The molecule has 0 bridgehead atoms. The zero-order valence-electron chi connectivity index (χ0n) is 16.4. The van der Waals surface area contributed by atoms with Gasteiger partial charge >= 0.3 is 0 Å². The summed E-state index contributed by atoms with van der Waals surface area (Å²) >= 11 is 0. The van der Waals surface area contributed by atoms with Gasteiger partial charge in [0, 0.05) is 6.42 Å². The summed E-state index contributed by atoms with van der Waals surface area (Å²) in [7, 11) is 0. The molecule has 1 aromatic carbocycles. The molecule has 142 valence electrons. The number of tetrazole rings is 1. The van der Waals surface area contributed by atoms with E-state index in [0.29, 0.717) is 6.54 Å². The second-order valence-electron chi connectivity index (χ2n) is 7.11. The van der Waals surface area contributed by atoms with Gasteiger partial charge in [-0.3, -0.25) is 0 Å². The lowest BCUT2D eigenvalue weighted by molar-refractivity contribution is 0.551. The van der Waals surface area contributed by atoms with Gasteiger partial charge in [-0.1, -0.05) is 102 Å². The number of unbranched alkanes of at least 4 members (excludes halogenated alkanes) is 9. The molecule has 0 N–H and O–H groups in total. The third-order valence-corrected chi connectivity index (χ3v) is 4.79. The molecule has 4 heteroatoms. The van der Waals surface area contributed by atoms with Crippen LogP contribution >= 0.6 is 0 Å². The van der Waals surface area contributed by atoms with E-state index < -0.39 is 0 Å². The van der Waals surface area contributed by atoms with Gasteiger partial charge in [-0.05, 0) is 22.8 Å². The molecule has 26 heavy (non-hydrogen) atoms. The van der Waals surface area contributed by atoms with Gasteiger partial charge in [-0.2, -0.15) is 4.80 Å². The van der Waals surface area contributed by atoms with E-state index >= 15 is 0 Å². The molecule has 0 amide bonds. The van der Waals surface area contributed by atoms with Crippen molar-refractivity contribution in [1.82, 2.24) is 20.2 Å². The minimum Gasteiger partial charge on any atom is -0.160 e. The van der Waals surface area contributed by atoms with E-state index in [1.54, 1.807) is 4.80 Å². The van der Waals surface area contributed by atoms with Crippen LogP contribution in [0.2, 0.25) is 0 Å². The molecule has 2 rings (SSSR count). The van der Waals surface area contributed by atoms with Crippen LogP contribution in [0.5, 0.6) is 0 Å². The Hall–Kier alpha value is -1.97. The number of aryl methyl sites for hydroxylation is 1. The zero-order chi connectivity index (χ0) is 18.5. The van der Waals surface area contributed by atoms with Crippen LogP contribution in [-0.4, -0.2) is 20.2 Å². The van der Waals surface area contributed by atoms with Crippen molar-refractivity contribution in [2.75, 3.05) is 0 Å². The van der Waals surface area contributed by atoms with Crippen LogP contribution in [0.25, 0.3) is 6.08 Å². The highest BCUT2D eigenvalue weighted by molar-refractivity contribution is 5.47. The first-order valence-electron chi connectivity index (χ1n) is 10.3. The van der Waals surface area contributed by atoms with Crippen molar-refractivity contribution in [2.45, 2.75) is 84.1 Å². The average molecular weight is 355 g/mol. The summed E-state index contributed by atoms with van der Waals surface area (Å²) < 4.78 is 0. The predicted octanol–water partition coefficient (Wildman–Crippen LogP) is 5.83.